The lowest BCUT2D eigenvalue weighted by Crippen LogP contribution is -2.19. The molecule has 0 amide bonds. The predicted octanol–water partition coefficient (Wildman–Crippen LogP) is 0.659. The van der Waals surface area contributed by atoms with Gasteiger partial charge in [-0.15, -0.1) is 0 Å². The number of nitrogens with one attached hydrogen (secondary N) is 2. The summed E-state index contributed by atoms with van der Waals surface area (Å²) in [5, 5.41) is 11.6. The van der Waals surface area contributed by atoms with Crippen LogP contribution in [0.4, 0.5) is 0 Å². The summed E-state index contributed by atoms with van der Waals surface area (Å²) >= 11 is 0. The molecule has 0 fully saturated rings. The molecule has 2 N–H and O–H groups in total. The van der Waals surface area contributed by atoms with Gasteiger partial charge in [-0.3, -0.25) is 0 Å². The lowest BCUT2D eigenvalue weighted by Gasteiger charge is -2.02. The summed E-state index contributed by atoms with van der Waals surface area (Å²) in [5.41, 5.74) is 1.04. The quantitative estimate of drug-likeness (QED) is 0.687. The highest BCUT2D eigenvalue weighted by Gasteiger charge is 1.98. The molecule has 1 unspecified atom stereocenters. The third-order valence-electron chi connectivity index (χ3n) is 1.54. The van der Waals surface area contributed by atoms with Crippen LogP contribution in [0.5, 0.6) is 0 Å². The Morgan fingerprint density at radius 2 is 2.67 bits per heavy atom. The molecule has 4 nitrogen and oxygen atoms in total. The second-order valence-corrected chi connectivity index (χ2v) is 2.74. The molecule has 64 valence electrons. The largest absolute Gasteiger partial charge is 0.347 e. The van der Waals surface area contributed by atoms with Crippen LogP contribution in [-0.4, -0.2) is 16.5 Å². The Morgan fingerprint density at radius 1 is 1.83 bits per heavy atom. The Balaban J connectivity index is 2.16. The first-order chi connectivity index (χ1) is 5.83. The Hall–Kier alpha value is -1.34. The topological polar surface area (TPSA) is 64.5 Å². The third-order valence-corrected chi connectivity index (χ3v) is 1.54. The molecule has 0 saturated carbocycles. The Labute approximate surface area is 71.6 Å². The first-order valence-corrected chi connectivity index (χ1v) is 3.90. The summed E-state index contributed by atoms with van der Waals surface area (Å²) in [4.78, 5) is 6.85. The fraction of sp³-hybridized carbons (Fsp3) is 0.500. The summed E-state index contributed by atoms with van der Waals surface area (Å²) in [6.45, 7) is 3.35. The minimum Gasteiger partial charge on any atom is -0.347 e. The van der Waals surface area contributed by atoms with E-state index in [4.69, 9.17) is 5.26 Å². The molecule has 1 heterocycles. The molecule has 1 rings (SSSR count). The predicted molar refractivity (Wildman–Crippen MR) is 45.1 cm³/mol. The van der Waals surface area contributed by atoms with Gasteiger partial charge in [-0.1, -0.05) is 0 Å². The van der Waals surface area contributed by atoms with Crippen molar-refractivity contribution in [2.45, 2.75) is 13.5 Å². The molecule has 0 aromatic carbocycles. The lowest BCUT2D eigenvalue weighted by molar-refractivity contribution is 0.596. The van der Waals surface area contributed by atoms with Crippen LogP contribution in [0, 0.1) is 17.2 Å². The van der Waals surface area contributed by atoms with E-state index in [1.807, 2.05) is 6.92 Å². The van der Waals surface area contributed by atoms with Gasteiger partial charge in [0.15, 0.2) is 0 Å². The van der Waals surface area contributed by atoms with Crippen LogP contribution in [0.25, 0.3) is 0 Å². The van der Waals surface area contributed by atoms with Crippen LogP contribution < -0.4 is 5.32 Å². The molecular formula is C8H12N4. The van der Waals surface area contributed by atoms with Crippen molar-refractivity contribution in [2.24, 2.45) is 5.92 Å². The van der Waals surface area contributed by atoms with E-state index in [0.29, 0.717) is 0 Å². The van der Waals surface area contributed by atoms with E-state index in [-0.39, 0.29) is 5.92 Å². The second kappa shape index (κ2) is 4.52. The van der Waals surface area contributed by atoms with E-state index in [1.54, 1.807) is 12.5 Å². The monoisotopic (exact) mass is 164 g/mol. The number of rotatable bonds is 4. The van der Waals surface area contributed by atoms with E-state index in [1.165, 1.54) is 0 Å². The van der Waals surface area contributed by atoms with Gasteiger partial charge < -0.3 is 10.3 Å². The number of hydrogen-bond acceptors (Lipinski definition) is 3. The SMILES string of the molecule is CC(C#N)CNCc1cnc[nH]1. The maximum absolute atomic E-state index is 8.48. The van der Waals surface area contributed by atoms with Crippen LogP contribution in [-0.2, 0) is 6.54 Å². The molecule has 4 heteroatoms. The molecule has 1 aromatic heterocycles. The van der Waals surface area contributed by atoms with Crippen molar-refractivity contribution in [3.63, 3.8) is 0 Å². The zero-order chi connectivity index (χ0) is 8.81. The van der Waals surface area contributed by atoms with E-state index < -0.39 is 0 Å². The zero-order valence-corrected chi connectivity index (χ0v) is 7.04. The van der Waals surface area contributed by atoms with Crippen molar-refractivity contribution >= 4 is 0 Å². The van der Waals surface area contributed by atoms with E-state index in [2.05, 4.69) is 21.4 Å². The summed E-state index contributed by atoms with van der Waals surface area (Å²) < 4.78 is 0. The third kappa shape index (κ3) is 2.72. The van der Waals surface area contributed by atoms with Crippen LogP contribution in [0.15, 0.2) is 12.5 Å². The van der Waals surface area contributed by atoms with Gasteiger partial charge in [0.05, 0.1) is 18.3 Å². The highest BCUT2D eigenvalue weighted by molar-refractivity contribution is 4.93. The van der Waals surface area contributed by atoms with Gasteiger partial charge in [0.1, 0.15) is 0 Å². The van der Waals surface area contributed by atoms with Crippen molar-refractivity contribution in [1.82, 2.24) is 15.3 Å². The number of nitriles is 1. The molecule has 0 radical (unpaired) electrons. The number of nitrogens with zero attached hydrogens (tertiary/aromatic N) is 2. The average molecular weight is 164 g/mol. The van der Waals surface area contributed by atoms with E-state index in [9.17, 15) is 0 Å². The van der Waals surface area contributed by atoms with Crippen molar-refractivity contribution in [3.8, 4) is 6.07 Å². The number of H-pyrrole nitrogens is 1. The first kappa shape index (κ1) is 8.75. The highest BCUT2D eigenvalue weighted by atomic mass is 14.9. The summed E-state index contributed by atoms with van der Waals surface area (Å²) in [6, 6.07) is 2.16. The van der Waals surface area contributed by atoms with Crippen LogP contribution in [0.1, 0.15) is 12.6 Å². The average Bonchev–Trinajstić information content (AvgIpc) is 2.57. The Kier molecular flexibility index (Phi) is 3.30. The van der Waals surface area contributed by atoms with Gasteiger partial charge in [-0.05, 0) is 6.92 Å². The smallest absolute Gasteiger partial charge is 0.0922 e. The molecular weight excluding hydrogens is 152 g/mol. The minimum absolute atomic E-state index is 0.0629. The van der Waals surface area contributed by atoms with Crippen LogP contribution >= 0.6 is 0 Å². The first-order valence-electron chi connectivity index (χ1n) is 3.90. The normalized spacial score (nSPS) is 12.3. The number of hydrogen-bond donors (Lipinski definition) is 2. The lowest BCUT2D eigenvalue weighted by atomic mass is 10.2. The van der Waals surface area contributed by atoms with Gasteiger partial charge >= 0.3 is 0 Å². The van der Waals surface area contributed by atoms with Gasteiger partial charge in [0, 0.05) is 25.0 Å². The fourth-order valence-electron chi connectivity index (χ4n) is 0.850. The van der Waals surface area contributed by atoms with Crippen molar-refractivity contribution in [1.29, 1.82) is 5.26 Å². The molecule has 1 atom stereocenters. The molecule has 0 aliphatic heterocycles. The van der Waals surface area contributed by atoms with Gasteiger partial charge in [0.2, 0.25) is 0 Å². The van der Waals surface area contributed by atoms with E-state index >= 15 is 0 Å². The summed E-state index contributed by atoms with van der Waals surface area (Å²) in [5.74, 6) is 0.0629. The minimum atomic E-state index is 0.0629. The van der Waals surface area contributed by atoms with Crippen molar-refractivity contribution in [2.75, 3.05) is 6.54 Å². The fourth-order valence-corrected chi connectivity index (χ4v) is 0.850. The summed E-state index contributed by atoms with van der Waals surface area (Å²) in [7, 11) is 0. The number of imidazole rings is 1. The molecule has 0 spiro atoms. The molecule has 0 aliphatic rings. The van der Waals surface area contributed by atoms with Crippen LogP contribution in [0.2, 0.25) is 0 Å². The zero-order valence-electron chi connectivity index (χ0n) is 7.04. The van der Waals surface area contributed by atoms with Crippen molar-refractivity contribution < 1.29 is 0 Å². The number of aromatic nitrogens is 2. The maximum atomic E-state index is 8.48. The van der Waals surface area contributed by atoms with E-state index in [0.717, 1.165) is 18.8 Å². The van der Waals surface area contributed by atoms with Gasteiger partial charge in [-0.2, -0.15) is 5.26 Å². The molecule has 1 aromatic rings. The standard InChI is InChI=1S/C8H12N4/c1-7(2-9)3-10-4-8-5-11-6-12-8/h5-7,10H,3-4H2,1H3,(H,11,12). The van der Waals surface area contributed by atoms with Gasteiger partial charge in [0.25, 0.3) is 0 Å². The molecule has 0 bridgehead atoms. The summed E-state index contributed by atoms with van der Waals surface area (Å²) in [6.07, 6.45) is 3.41. The van der Waals surface area contributed by atoms with Gasteiger partial charge in [-0.25, -0.2) is 4.98 Å². The highest BCUT2D eigenvalue weighted by Crippen LogP contribution is 1.92. The van der Waals surface area contributed by atoms with Crippen molar-refractivity contribution in [3.05, 3.63) is 18.2 Å². The Morgan fingerprint density at radius 3 is 3.25 bits per heavy atom. The number of aromatic amines is 1. The van der Waals surface area contributed by atoms with Crippen LogP contribution in [0.3, 0.4) is 0 Å². The molecule has 12 heavy (non-hydrogen) atoms. The second-order valence-electron chi connectivity index (χ2n) is 2.74. The molecule has 0 saturated heterocycles. The molecule has 0 aliphatic carbocycles. The maximum Gasteiger partial charge on any atom is 0.0922 e. The Bertz CT molecular complexity index is 247.